The van der Waals surface area contributed by atoms with E-state index in [1.165, 1.54) is 0 Å². The van der Waals surface area contributed by atoms with Crippen molar-refractivity contribution in [3.63, 3.8) is 0 Å². The lowest BCUT2D eigenvalue weighted by Gasteiger charge is -2.24. The molecule has 0 aliphatic heterocycles. The van der Waals surface area contributed by atoms with E-state index >= 15 is 0 Å². The first-order valence-electron chi connectivity index (χ1n) is 5.57. The molecule has 0 aliphatic carbocycles. The Morgan fingerprint density at radius 2 is 2.06 bits per heavy atom. The summed E-state index contributed by atoms with van der Waals surface area (Å²) in [6.07, 6.45) is 0. The van der Waals surface area contributed by atoms with Gasteiger partial charge in [-0.1, -0.05) is 19.1 Å². The van der Waals surface area contributed by atoms with Crippen LogP contribution in [0, 0.1) is 11.3 Å². The van der Waals surface area contributed by atoms with Gasteiger partial charge in [-0.2, -0.15) is 5.26 Å². The Morgan fingerprint density at radius 1 is 1.41 bits per heavy atom. The number of anilines is 1. The van der Waals surface area contributed by atoms with Crippen LogP contribution in [0.3, 0.4) is 0 Å². The van der Waals surface area contributed by atoms with Crippen molar-refractivity contribution in [3.05, 3.63) is 29.8 Å². The fraction of sp³-hybridized carbons (Fsp3) is 0.385. The van der Waals surface area contributed by atoms with Crippen molar-refractivity contribution in [2.45, 2.75) is 26.3 Å². The fourth-order valence-electron chi connectivity index (χ4n) is 1.49. The number of nitriles is 1. The van der Waals surface area contributed by atoms with E-state index in [-0.39, 0.29) is 5.91 Å². The van der Waals surface area contributed by atoms with E-state index in [1.54, 1.807) is 38.1 Å². The van der Waals surface area contributed by atoms with Crippen LogP contribution in [0.1, 0.15) is 26.3 Å². The number of nitrogens with zero attached hydrogens (tertiary/aromatic N) is 1. The van der Waals surface area contributed by atoms with Gasteiger partial charge in [-0.15, -0.1) is 0 Å². The molecule has 0 aromatic heterocycles. The largest absolute Gasteiger partial charge is 0.323 e. The van der Waals surface area contributed by atoms with Crippen molar-refractivity contribution in [1.29, 1.82) is 5.26 Å². The lowest BCUT2D eigenvalue weighted by atomic mass is 10.0. The summed E-state index contributed by atoms with van der Waals surface area (Å²) in [6.45, 7) is 6.26. The molecule has 4 nitrogen and oxygen atoms in total. The van der Waals surface area contributed by atoms with Crippen LogP contribution in [0.2, 0.25) is 0 Å². The molecule has 1 aromatic carbocycles. The minimum atomic E-state index is -0.655. The highest BCUT2D eigenvalue weighted by Gasteiger charge is 2.26. The summed E-state index contributed by atoms with van der Waals surface area (Å²) >= 11 is 0. The molecule has 0 bridgehead atoms. The molecule has 1 aromatic rings. The topological polar surface area (TPSA) is 64.9 Å². The van der Waals surface area contributed by atoms with E-state index < -0.39 is 5.54 Å². The molecule has 0 aliphatic rings. The van der Waals surface area contributed by atoms with E-state index in [9.17, 15) is 4.79 Å². The Balaban J connectivity index is 2.85. The van der Waals surface area contributed by atoms with Gasteiger partial charge in [0.1, 0.15) is 6.07 Å². The zero-order chi connectivity index (χ0) is 12.9. The highest BCUT2D eigenvalue weighted by Crippen LogP contribution is 2.15. The number of para-hydroxylation sites is 1. The van der Waals surface area contributed by atoms with E-state index in [0.29, 0.717) is 17.8 Å². The monoisotopic (exact) mass is 231 g/mol. The predicted molar refractivity (Wildman–Crippen MR) is 67.5 cm³/mol. The fourth-order valence-corrected chi connectivity index (χ4v) is 1.49. The molecule has 0 unspecified atom stereocenters. The maximum atomic E-state index is 12.0. The van der Waals surface area contributed by atoms with Gasteiger partial charge in [0, 0.05) is 0 Å². The first kappa shape index (κ1) is 13.2. The van der Waals surface area contributed by atoms with Gasteiger partial charge in [0.25, 0.3) is 0 Å². The third kappa shape index (κ3) is 3.30. The first-order chi connectivity index (χ1) is 8.01. The number of carbonyl (C=O) groups excluding carboxylic acids is 1. The van der Waals surface area contributed by atoms with Gasteiger partial charge in [0.15, 0.2) is 0 Å². The SMILES string of the molecule is CCNC(C)(C)C(=O)Nc1ccccc1C#N. The molecule has 90 valence electrons. The Kier molecular flexibility index (Phi) is 4.24. The summed E-state index contributed by atoms with van der Waals surface area (Å²) in [5.41, 5.74) is 0.358. The summed E-state index contributed by atoms with van der Waals surface area (Å²) in [6, 6.07) is 9.00. The summed E-state index contributed by atoms with van der Waals surface area (Å²) in [7, 11) is 0. The van der Waals surface area contributed by atoms with Crippen LogP contribution in [0.4, 0.5) is 5.69 Å². The zero-order valence-electron chi connectivity index (χ0n) is 10.4. The number of rotatable bonds is 4. The molecule has 0 heterocycles. The quantitative estimate of drug-likeness (QED) is 0.831. The molecular formula is C13H17N3O. The molecule has 0 saturated carbocycles. The second-order valence-electron chi connectivity index (χ2n) is 4.27. The summed E-state index contributed by atoms with van der Waals surface area (Å²) in [4.78, 5) is 12.0. The molecule has 2 N–H and O–H groups in total. The smallest absolute Gasteiger partial charge is 0.244 e. The lowest BCUT2D eigenvalue weighted by molar-refractivity contribution is -0.121. The number of nitrogens with one attached hydrogen (secondary N) is 2. The van der Waals surface area contributed by atoms with Gasteiger partial charge in [0.05, 0.1) is 16.8 Å². The number of hydrogen-bond donors (Lipinski definition) is 2. The highest BCUT2D eigenvalue weighted by atomic mass is 16.2. The summed E-state index contributed by atoms with van der Waals surface area (Å²) < 4.78 is 0. The Morgan fingerprint density at radius 3 is 2.65 bits per heavy atom. The van der Waals surface area contributed by atoms with E-state index in [0.717, 1.165) is 0 Å². The molecule has 0 atom stereocenters. The number of carbonyl (C=O) groups is 1. The van der Waals surface area contributed by atoms with E-state index in [2.05, 4.69) is 10.6 Å². The van der Waals surface area contributed by atoms with Crippen molar-refractivity contribution in [2.24, 2.45) is 0 Å². The maximum Gasteiger partial charge on any atom is 0.244 e. The normalized spacial score (nSPS) is 10.7. The summed E-state index contributed by atoms with van der Waals surface area (Å²) in [5.74, 6) is -0.151. The van der Waals surface area contributed by atoms with Crippen LogP contribution in [-0.4, -0.2) is 18.0 Å². The molecule has 1 amide bonds. The number of likely N-dealkylation sites (N-methyl/N-ethyl adjacent to an activating group) is 1. The predicted octanol–water partition coefficient (Wildman–Crippen LogP) is 1.88. The van der Waals surface area contributed by atoms with Crippen LogP contribution < -0.4 is 10.6 Å². The molecule has 4 heteroatoms. The average molecular weight is 231 g/mol. The third-order valence-electron chi connectivity index (χ3n) is 2.48. The van der Waals surface area contributed by atoms with Gasteiger partial charge in [0.2, 0.25) is 5.91 Å². The van der Waals surface area contributed by atoms with Gasteiger partial charge in [-0.25, -0.2) is 0 Å². The Hall–Kier alpha value is -1.86. The van der Waals surface area contributed by atoms with E-state index in [1.807, 2.05) is 13.0 Å². The molecule has 0 radical (unpaired) electrons. The molecule has 17 heavy (non-hydrogen) atoms. The average Bonchev–Trinajstić information content (AvgIpc) is 2.29. The second kappa shape index (κ2) is 5.46. The van der Waals surface area contributed by atoms with E-state index in [4.69, 9.17) is 5.26 Å². The standard InChI is InChI=1S/C13H17N3O/c1-4-15-13(2,3)12(17)16-11-8-6-5-7-10(11)9-14/h5-8,15H,4H2,1-3H3,(H,16,17). The minimum Gasteiger partial charge on any atom is -0.323 e. The number of hydrogen-bond acceptors (Lipinski definition) is 3. The maximum absolute atomic E-state index is 12.0. The highest BCUT2D eigenvalue weighted by molar-refractivity contribution is 5.98. The van der Waals surface area contributed by atoms with Crippen molar-refractivity contribution in [1.82, 2.24) is 5.32 Å². The molecule has 0 fully saturated rings. The molecule has 0 spiro atoms. The van der Waals surface area contributed by atoms with Crippen molar-refractivity contribution in [3.8, 4) is 6.07 Å². The van der Waals surface area contributed by atoms with Gasteiger partial charge >= 0.3 is 0 Å². The third-order valence-corrected chi connectivity index (χ3v) is 2.48. The first-order valence-corrected chi connectivity index (χ1v) is 5.57. The van der Waals surface area contributed by atoms with Crippen LogP contribution in [0.25, 0.3) is 0 Å². The van der Waals surface area contributed by atoms with Crippen LogP contribution in [-0.2, 0) is 4.79 Å². The van der Waals surface area contributed by atoms with Crippen molar-refractivity contribution < 1.29 is 4.79 Å². The number of amides is 1. The molecule has 0 saturated heterocycles. The molecular weight excluding hydrogens is 214 g/mol. The van der Waals surface area contributed by atoms with Crippen LogP contribution in [0.5, 0.6) is 0 Å². The van der Waals surface area contributed by atoms with Gasteiger partial charge < -0.3 is 10.6 Å². The summed E-state index contributed by atoms with van der Waals surface area (Å²) in [5, 5.41) is 14.8. The van der Waals surface area contributed by atoms with Gasteiger partial charge in [-0.3, -0.25) is 4.79 Å². The zero-order valence-corrected chi connectivity index (χ0v) is 10.4. The lowest BCUT2D eigenvalue weighted by Crippen LogP contribution is -2.49. The van der Waals surface area contributed by atoms with Crippen LogP contribution in [0.15, 0.2) is 24.3 Å². The minimum absolute atomic E-state index is 0.151. The Labute approximate surface area is 102 Å². The van der Waals surface area contributed by atoms with Crippen molar-refractivity contribution in [2.75, 3.05) is 11.9 Å². The Bertz CT molecular complexity index is 446. The van der Waals surface area contributed by atoms with Crippen molar-refractivity contribution >= 4 is 11.6 Å². The molecule has 1 rings (SSSR count). The second-order valence-corrected chi connectivity index (χ2v) is 4.27. The van der Waals surface area contributed by atoms with Crippen LogP contribution >= 0.6 is 0 Å². The number of benzene rings is 1. The van der Waals surface area contributed by atoms with Gasteiger partial charge in [-0.05, 0) is 32.5 Å².